The van der Waals surface area contributed by atoms with Crippen molar-refractivity contribution in [2.75, 3.05) is 0 Å². The monoisotopic (exact) mass is 163 g/mol. The maximum absolute atomic E-state index is 2.72. The fraction of sp³-hybridized carbons (Fsp3) is 1.00. The molecule has 0 N–H and O–H groups in total. The van der Waals surface area contributed by atoms with Crippen molar-refractivity contribution >= 4 is 18.8 Å². The van der Waals surface area contributed by atoms with E-state index in [1.165, 1.54) is 32.1 Å². The van der Waals surface area contributed by atoms with E-state index in [9.17, 15) is 0 Å². The molecule has 0 aromatic carbocycles. The first-order valence-electron chi connectivity index (χ1n) is 3.59. The Hall–Kier alpha value is 0.820. The summed E-state index contributed by atoms with van der Waals surface area (Å²) in [5.41, 5.74) is 0. The van der Waals surface area contributed by atoms with Crippen molar-refractivity contribution in [3.63, 3.8) is 0 Å². The molecular formula is C6H15NP2. The summed E-state index contributed by atoms with van der Waals surface area (Å²) in [6.45, 7) is 0. The average Bonchev–Trinajstić information content (AvgIpc) is 1.90. The largest absolute Gasteiger partial charge is 0.269 e. The molecule has 1 nitrogen and oxygen atoms in total. The van der Waals surface area contributed by atoms with Gasteiger partial charge in [0.25, 0.3) is 0 Å². The summed E-state index contributed by atoms with van der Waals surface area (Å²) in [6.07, 6.45) is 7.05. The third kappa shape index (κ3) is 2.50. The summed E-state index contributed by atoms with van der Waals surface area (Å²) in [7, 11) is 5.44. The van der Waals surface area contributed by atoms with Gasteiger partial charge in [0.1, 0.15) is 0 Å². The highest BCUT2D eigenvalue weighted by molar-refractivity contribution is 7.30. The lowest BCUT2D eigenvalue weighted by molar-refractivity contribution is 0.361. The number of hydrogen-bond donors (Lipinski definition) is 0. The molecule has 0 amide bonds. The number of nitrogens with zero attached hydrogens (tertiary/aromatic N) is 1. The molecule has 2 atom stereocenters. The van der Waals surface area contributed by atoms with E-state index in [1.807, 2.05) is 0 Å². The van der Waals surface area contributed by atoms with Crippen LogP contribution in [0, 0.1) is 0 Å². The first-order valence-corrected chi connectivity index (χ1v) is 4.62. The Labute approximate surface area is 62.1 Å². The lowest BCUT2D eigenvalue weighted by Gasteiger charge is -2.26. The van der Waals surface area contributed by atoms with E-state index < -0.39 is 0 Å². The summed E-state index contributed by atoms with van der Waals surface area (Å²) in [5.74, 6) is 0. The Kier molecular flexibility index (Phi) is 3.40. The molecule has 1 saturated carbocycles. The summed E-state index contributed by atoms with van der Waals surface area (Å²) < 4.78 is 2.19. The summed E-state index contributed by atoms with van der Waals surface area (Å²) in [6, 6.07) is 0.814. The van der Waals surface area contributed by atoms with Crippen LogP contribution in [-0.4, -0.2) is 10.5 Å². The van der Waals surface area contributed by atoms with E-state index in [-0.39, 0.29) is 0 Å². The fourth-order valence-corrected chi connectivity index (χ4v) is 1.98. The fourth-order valence-electron chi connectivity index (χ4n) is 1.38. The van der Waals surface area contributed by atoms with Crippen molar-refractivity contribution in [2.45, 2.75) is 38.1 Å². The van der Waals surface area contributed by atoms with Crippen LogP contribution >= 0.6 is 18.8 Å². The van der Waals surface area contributed by atoms with Crippen LogP contribution in [0.5, 0.6) is 0 Å². The smallest absolute Gasteiger partial charge is 0.0164 e. The second kappa shape index (κ2) is 3.86. The van der Waals surface area contributed by atoms with Crippen LogP contribution in [0.2, 0.25) is 0 Å². The predicted molar refractivity (Wildman–Crippen MR) is 48.1 cm³/mol. The summed E-state index contributed by atoms with van der Waals surface area (Å²) >= 11 is 0. The highest BCUT2D eigenvalue weighted by Crippen LogP contribution is 2.26. The molecule has 0 aromatic rings. The first kappa shape index (κ1) is 7.92. The third-order valence-electron chi connectivity index (χ3n) is 2.00. The molecular weight excluding hydrogens is 148 g/mol. The molecule has 0 saturated heterocycles. The molecule has 54 valence electrons. The molecule has 0 heterocycles. The van der Waals surface area contributed by atoms with E-state index in [2.05, 4.69) is 23.2 Å². The van der Waals surface area contributed by atoms with Gasteiger partial charge >= 0.3 is 0 Å². The topological polar surface area (TPSA) is 3.24 Å². The highest BCUT2D eigenvalue weighted by Gasteiger charge is 2.14. The predicted octanol–water partition coefficient (Wildman–Crippen LogP) is 2.20. The molecule has 1 rings (SSSR count). The van der Waals surface area contributed by atoms with Crippen molar-refractivity contribution in [3.05, 3.63) is 0 Å². The van der Waals surface area contributed by atoms with E-state index >= 15 is 0 Å². The van der Waals surface area contributed by atoms with Crippen LogP contribution in [0.15, 0.2) is 0 Å². The van der Waals surface area contributed by atoms with Crippen molar-refractivity contribution in [1.82, 2.24) is 4.44 Å². The molecule has 2 unspecified atom stereocenters. The van der Waals surface area contributed by atoms with Crippen molar-refractivity contribution in [2.24, 2.45) is 0 Å². The van der Waals surface area contributed by atoms with E-state index in [0.717, 1.165) is 6.04 Å². The third-order valence-corrected chi connectivity index (χ3v) is 2.84. The van der Waals surface area contributed by atoms with Gasteiger partial charge in [-0.1, -0.05) is 38.0 Å². The molecule has 0 aliphatic heterocycles. The quantitative estimate of drug-likeness (QED) is 0.535. The molecule has 9 heavy (non-hydrogen) atoms. The van der Waals surface area contributed by atoms with Crippen molar-refractivity contribution < 1.29 is 0 Å². The van der Waals surface area contributed by atoms with Crippen LogP contribution in [0.3, 0.4) is 0 Å². The second-order valence-electron chi connectivity index (χ2n) is 2.74. The maximum atomic E-state index is 2.72. The Morgan fingerprint density at radius 3 is 1.89 bits per heavy atom. The van der Waals surface area contributed by atoms with Gasteiger partial charge in [0.2, 0.25) is 0 Å². The molecule has 1 aliphatic carbocycles. The Balaban J connectivity index is 2.23. The Morgan fingerprint density at radius 2 is 1.56 bits per heavy atom. The van der Waals surface area contributed by atoms with Gasteiger partial charge in [-0.2, -0.15) is 0 Å². The minimum atomic E-state index is 0.814. The van der Waals surface area contributed by atoms with Gasteiger partial charge in [0.15, 0.2) is 0 Å². The molecule has 3 heteroatoms. The summed E-state index contributed by atoms with van der Waals surface area (Å²) in [4.78, 5) is 0. The number of rotatable bonds is 1. The van der Waals surface area contributed by atoms with Gasteiger partial charge in [-0.15, -0.1) is 0 Å². The molecule has 1 aliphatic rings. The zero-order valence-corrected chi connectivity index (χ0v) is 8.02. The van der Waals surface area contributed by atoms with Crippen LogP contribution in [0.25, 0.3) is 0 Å². The minimum Gasteiger partial charge on any atom is -0.269 e. The highest BCUT2D eigenvalue weighted by atomic mass is 31.1. The normalized spacial score (nSPS) is 23.0. The minimum absolute atomic E-state index is 0.814. The Bertz CT molecular complexity index is 79.1. The van der Waals surface area contributed by atoms with Gasteiger partial charge in [0, 0.05) is 6.04 Å². The lowest BCUT2D eigenvalue weighted by atomic mass is 9.96. The van der Waals surface area contributed by atoms with Crippen LogP contribution in [0.1, 0.15) is 32.1 Å². The molecule has 0 spiro atoms. The van der Waals surface area contributed by atoms with E-state index in [4.69, 9.17) is 0 Å². The molecule has 1 fully saturated rings. The van der Waals surface area contributed by atoms with E-state index in [0.29, 0.717) is 0 Å². The van der Waals surface area contributed by atoms with Gasteiger partial charge in [-0.05, 0) is 12.8 Å². The van der Waals surface area contributed by atoms with Crippen molar-refractivity contribution in [1.29, 1.82) is 0 Å². The molecule has 0 bridgehead atoms. The van der Waals surface area contributed by atoms with Gasteiger partial charge in [0.05, 0.1) is 0 Å². The van der Waals surface area contributed by atoms with Crippen LogP contribution in [0.4, 0.5) is 0 Å². The lowest BCUT2D eigenvalue weighted by Crippen LogP contribution is -2.20. The zero-order chi connectivity index (χ0) is 6.69. The average molecular weight is 163 g/mol. The Morgan fingerprint density at radius 1 is 1.00 bits per heavy atom. The van der Waals surface area contributed by atoms with Crippen molar-refractivity contribution in [3.8, 4) is 0 Å². The molecule has 0 radical (unpaired) electrons. The van der Waals surface area contributed by atoms with Gasteiger partial charge in [-0.25, -0.2) is 0 Å². The van der Waals surface area contributed by atoms with Crippen LogP contribution in [-0.2, 0) is 0 Å². The van der Waals surface area contributed by atoms with Gasteiger partial charge < -0.3 is 0 Å². The first-order chi connectivity index (χ1) is 4.30. The van der Waals surface area contributed by atoms with E-state index in [1.54, 1.807) is 0 Å². The summed E-state index contributed by atoms with van der Waals surface area (Å²) in [5, 5.41) is 0. The second-order valence-corrected chi connectivity index (χ2v) is 4.53. The number of hydrogen-bond acceptors (Lipinski definition) is 1. The maximum Gasteiger partial charge on any atom is 0.0164 e. The standard InChI is InChI=1S/C6H15NP2/c8-7(9)6-4-2-1-3-5-6/h6H,1-5,8-9H2. The van der Waals surface area contributed by atoms with Crippen LogP contribution < -0.4 is 0 Å². The van der Waals surface area contributed by atoms with Gasteiger partial charge in [-0.3, -0.25) is 4.44 Å². The molecule has 0 aromatic heterocycles. The SMILES string of the molecule is PN(P)C1CCCCC1. The zero-order valence-electron chi connectivity index (χ0n) is 5.71.